The van der Waals surface area contributed by atoms with Crippen LogP contribution in [0.15, 0.2) is 4.99 Å². The second-order valence-corrected chi connectivity index (χ2v) is 6.11. The fourth-order valence-electron chi connectivity index (χ4n) is 2.80. The first kappa shape index (κ1) is 21.5. The van der Waals surface area contributed by atoms with Crippen molar-refractivity contribution in [3.05, 3.63) is 0 Å². The summed E-state index contributed by atoms with van der Waals surface area (Å²) in [6.45, 7) is 1.58. The Bertz CT molecular complexity index is 328. The molecule has 1 rings (SSSR count). The molecule has 2 N–H and O–H groups in total. The first-order chi connectivity index (χ1) is 10.1. The van der Waals surface area contributed by atoms with Gasteiger partial charge in [0, 0.05) is 40.7 Å². The summed E-state index contributed by atoms with van der Waals surface area (Å²) in [6, 6.07) is 0. The van der Waals surface area contributed by atoms with Crippen LogP contribution < -0.4 is 10.6 Å². The topological polar surface area (TPSA) is 56.7 Å². The Kier molecular flexibility index (Phi) is 12.6. The summed E-state index contributed by atoms with van der Waals surface area (Å²) < 4.78 is 0. The highest BCUT2D eigenvalue weighted by atomic mass is 127. The van der Waals surface area contributed by atoms with Gasteiger partial charge in [-0.2, -0.15) is 0 Å². The van der Waals surface area contributed by atoms with Gasteiger partial charge in [-0.25, -0.2) is 0 Å². The average molecular weight is 424 g/mol. The van der Waals surface area contributed by atoms with Gasteiger partial charge in [0.15, 0.2) is 5.96 Å². The number of halogens is 1. The van der Waals surface area contributed by atoms with Crippen molar-refractivity contribution in [2.75, 3.05) is 34.2 Å². The van der Waals surface area contributed by atoms with Crippen molar-refractivity contribution >= 4 is 35.8 Å². The number of nitrogens with one attached hydrogen (secondary N) is 2. The quantitative estimate of drug-likeness (QED) is 0.273. The highest BCUT2D eigenvalue weighted by Gasteiger charge is 2.13. The van der Waals surface area contributed by atoms with E-state index < -0.39 is 0 Å². The summed E-state index contributed by atoms with van der Waals surface area (Å²) in [4.78, 5) is 17.2. The van der Waals surface area contributed by atoms with Crippen LogP contribution in [0, 0.1) is 5.92 Å². The van der Waals surface area contributed by atoms with E-state index in [1.54, 1.807) is 26.0 Å². The van der Waals surface area contributed by atoms with Crippen LogP contribution in [0.2, 0.25) is 0 Å². The summed E-state index contributed by atoms with van der Waals surface area (Å²) in [7, 11) is 5.32. The molecule has 0 radical (unpaired) electrons. The van der Waals surface area contributed by atoms with Crippen LogP contribution >= 0.6 is 24.0 Å². The fraction of sp³-hybridized carbons (Fsp3) is 0.875. The summed E-state index contributed by atoms with van der Waals surface area (Å²) in [6.07, 6.45) is 10.1. The maximum atomic E-state index is 11.5. The lowest BCUT2D eigenvalue weighted by atomic mass is 10.0. The smallest absolute Gasteiger partial charge is 0.223 e. The molecule has 1 amide bonds. The molecular formula is C16H33IN4O. The second kappa shape index (κ2) is 13.0. The molecule has 0 saturated heterocycles. The van der Waals surface area contributed by atoms with Crippen molar-refractivity contribution in [1.29, 1.82) is 0 Å². The summed E-state index contributed by atoms with van der Waals surface area (Å²) in [5.74, 6) is 1.91. The highest BCUT2D eigenvalue weighted by Crippen LogP contribution is 2.28. The molecule has 0 spiro atoms. The van der Waals surface area contributed by atoms with E-state index in [9.17, 15) is 4.79 Å². The Morgan fingerprint density at radius 3 is 2.36 bits per heavy atom. The number of amides is 1. The molecule has 0 aromatic rings. The molecule has 0 atom stereocenters. The van der Waals surface area contributed by atoms with Gasteiger partial charge < -0.3 is 15.5 Å². The molecular weight excluding hydrogens is 391 g/mol. The molecule has 0 heterocycles. The molecule has 6 heteroatoms. The van der Waals surface area contributed by atoms with Crippen molar-refractivity contribution in [3.63, 3.8) is 0 Å². The van der Waals surface area contributed by atoms with Gasteiger partial charge in [0.05, 0.1) is 0 Å². The minimum atomic E-state index is 0. The summed E-state index contributed by atoms with van der Waals surface area (Å²) >= 11 is 0. The maximum Gasteiger partial charge on any atom is 0.223 e. The van der Waals surface area contributed by atoms with E-state index in [0.717, 1.165) is 18.4 Å². The third-order valence-electron chi connectivity index (χ3n) is 4.16. The van der Waals surface area contributed by atoms with E-state index in [4.69, 9.17) is 0 Å². The van der Waals surface area contributed by atoms with Crippen molar-refractivity contribution < 1.29 is 4.79 Å². The van der Waals surface area contributed by atoms with Gasteiger partial charge in [0.25, 0.3) is 0 Å². The van der Waals surface area contributed by atoms with Crippen molar-refractivity contribution in [3.8, 4) is 0 Å². The number of nitrogens with zero attached hydrogens (tertiary/aromatic N) is 2. The van der Waals surface area contributed by atoms with Crippen LogP contribution in [0.1, 0.15) is 51.4 Å². The highest BCUT2D eigenvalue weighted by molar-refractivity contribution is 14.0. The van der Waals surface area contributed by atoms with Crippen LogP contribution in [0.4, 0.5) is 0 Å². The maximum absolute atomic E-state index is 11.5. The number of unbranched alkanes of at least 4 members (excludes halogenated alkanes) is 1. The molecule has 5 nitrogen and oxygen atoms in total. The van der Waals surface area contributed by atoms with Crippen LogP contribution in [0.5, 0.6) is 0 Å². The van der Waals surface area contributed by atoms with Gasteiger partial charge in [-0.3, -0.25) is 9.79 Å². The molecule has 0 aliphatic heterocycles. The van der Waals surface area contributed by atoms with Crippen molar-refractivity contribution in [1.82, 2.24) is 15.5 Å². The van der Waals surface area contributed by atoms with Crippen LogP contribution in [-0.4, -0.2) is 51.0 Å². The van der Waals surface area contributed by atoms with E-state index >= 15 is 0 Å². The van der Waals surface area contributed by atoms with E-state index in [2.05, 4.69) is 15.6 Å². The number of hydrogen-bond acceptors (Lipinski definition) is 2. The molecule has 0 unspecified atom stereocenters. The zero-order valence-corrected chi connectivity index (χ0v) is 16.7. The Balaban J connectivity index is 0.00000441. The van der Waals surface area contributed by atoms with Crippen molar-refractivity contribution in [2.24, 2.45) is 10.9 Å². The molecule has 130 valence electrons. The third-order valence-corrected chi connectivity index (χ3v) is 4.16. The van der Waals surface area contributed by atoms with Gasteiger partial charge >= 0.3 is 0 Å². The molecule has 1 fully saturated rings. The zero-order chi connectivity index (χ0) is 15.5. The van der Waals surface area contributed by atoms with Gasteiger partial charge in [0.2, 0.25) is 5.91 Å². The first-order valence-corrected chi connectivity index (χ1v) is 8.28. The predicted molar refractivity (Wildman–Crippen MR) is 104 cm³/mol. The van der Waals surface area contributed by atoms with Crippen LogP contribution in [0.25, 0.3) is 0 Å². The SMILES string of the molecule is CN=C(NCCCCC1CCCC1)NCCC(=O)N(C)C.I. The molecule has 0 aromatic heterocycles. The zero-order valence-electron chi connectivity index (χ0n) is 14.4. The number of aliphatic imine (C=N–C) groups is 1. The number of hydrogen-bond donors (Lipinski definition) is 2. The lowest BCUT2D eigenvalue weighted by Gasteiger charge is -2.14. The minimum absolute atomic E-state index is 0. The van der Waals surface area contributed by atoms with Crippen LogP contribution in [0.3, 0.4) is 0 Å². The van der Waals surface area contributed by atoms with E-state index in [0.29, 0.717) is 13.0 Å². The molecule has 1 aliphatic carbocycles. The molecule has 22 heavy (non-hydrogen) atoms. The molecule has 0 aromatic carbocycles. The Hall–Kier alpha value is -0.530. The largest absolute Gasteiger partial charge is 0.356 e. The van der Waals surface area contributed by atoms with Gasteiger partial charge in [-0.05, 0) is 12.3 Å². The predicted octanol–water partition coefficient (Wildman–Crippen LogP) is 2.61. The fourth-order valence-corrected chi connectivity index (χ4v) is 2.80. The van der Waals surface area contributed by atoms with E-state index in [1.807, 2.05) is 0 Å². The molecule has 1 aliphatic rings. The Morgan fingerprint density at radius 2 is 1.77 bits per heavy atom. The number of guanidine groups is 1. The summed E-state index contributed by atoms with van der Waals surface area (Å²) in [5.41, 5.74) is 0. The lowest BCUT2D eigenvalue weighted by Crippen LogP contribution is -2.39. The lowest BCUT2D eigenvalue weighted by molar-refractivity contribution is -0.128. The second-order valence-electron chi connectivity index (χ2n) is 6.11. The van der Waals surface area contributed by atoms with Crippen LogP contribution in [-0.2, 0) is 4.79 Å². The van der Waals surface area contributed by atoms with Gasteiger partial charge in [-0.15, -0.1) is 24.0 Å². The normalized spacial score (nSPS) is 15.3. The summed E-state index contributed by atoms with van der Waals surface area (Å²) in [5, 5.41) is 6.49. The number of carbonyl (C=O) groups is 1. The monoisotopic (exact) mass is 424 g/mol. The minimum Gasteiger partial charge on any atom is -0.356 e. The third kappa shape index (κ3) is 9.48. The molecule has 1 saturated carbocycles. The number of rotatable bonds is 8. The average Bonchev–Trinajstić information content (AvgIpc) is 2.97. The Labute approximate surface area is 152 Å². The van der Waals surface area contributed by atoms with Gasteiger partial charge in [0.1, 0.15) is 0 Å². The number of carbonyl (C=O) groups excluding carboxylic acids is 1. The standard InChI is InChI=1S/C16H32N4O.HI/c1-17-16(19-13-11-15(21)20(2)3)18-12-7-6-10-14-8-4-5-9-14;/h14H,4-13H2,1-3H3,(H2,17,18,19);1H. The Morgan fingerprint density at radius 1 is 1.14 bits per heavy atom. The first-order valence-electron chi connectivity index (χ1n) is 8.28. The van der Waals surface area contributed by atoms with Crippen molar-refractivity contribution in [2.45, 2.75) is 51.4 Å². The molecule has 0 bridgehead atoms. The van der Waals surface area contributed by atoms with E-state index in [1.165, 1.54) is 44.9 Å². The van der Waals surface area contributed by atoms with E-state index in [-0.39, 0.29) is 29.9 Å². The van der Waals surface area contributed by atoms with Gasteiger partial charge in [-0.1, -0.05) is 38.5 Å².